The molecule has 100 valence electrons. The fraction of sp³-hybridized carbons (Fsp3) is 0.333. The second kappa shape index (κ2) is 5.47. The molecule has 2 aromatic rings. The summed E-state index contributed by atoms with van der Waals surface area (Å²) in [6.45, 7) is 2.08. The Kier molecular flexibility index (Phi) is 3.74. The van der Waals surface area contributed by atoms with Crippen molar-refractivity contribution in [3.05, 3.63) is 29.8 Å². The average molecular weight is 260 g/mol. The molecule has 0 bridgehead atoms. The number of nitrogens with zero attached hydrogens (tertiary/aromatic N) is 4. The second-order valence-electron chi connectivity index (χ2n) is 4.06. The Morgan fingerprint density at radius 3 is 2.84 bits per heavy atom. The molecule has 0 spiro atoms. The average Bonchev–Trinajstić information content (AvgIpc) is 2.89. The maximum atomic E-state index is 11.1. The maximum absolute atomic E-state index is 11.1. The van der Waals surface area contributed by atoms with Crippen molar-refractivity contribution in [2.75, 3.05) is 12.4 Å². The SMILES string of the molecule is CCCc1c(NC)ncnc1-n1cc(C(N)=O)cn1. The molecule has 0 aliphatic rings. The Morgan fingerprint density at radius 2 is 2.26 bits per heavy atom. The van der Waals surface area contributed by atoms with Gasteiger partial charge in [0.05, 0.1) is 11.8 Å². The van der Waals surface area contributed by atoms with E-state index in [1.807, 2.05) is 7.05 Å². The number of hydrogen-bond acceptors (Lipinski definition) is 5. The zero-order valence-electron chi connectivity index (χ0n) is 10.9. The number of nitrogens with one attached hydrogen (secondary N) is 1. The first kappa shape index (κ1) is 13.0. The molecule has 0 aliphatic heterocycles. The quantitative estimate of drug-likeness (QED) is 0.826. The molecule has 0 radical (unpaired) electrons. The topological polar surface area (TPSA) is 98.7 Å². The first-order valence-electron chi connectivity index (χ1n) is 6.03. The fourth-order valence-electron chi connectivity index (χ4n) is 1.86. The molecule has 2 rings (SSSR count). The first-order valence-corrected chi connectivity index (χ1v) is 6.03. The van der Waals surface area contributed by atoms with Crippen LogP contribution >= 0.6 is 0 Å². The van der Waals surface area contributed by atoms with Gasteiger partial charge in [0.2, 0.25) is 0 Å². The molecule has 2 aromatic heterocycles. The molecule has 0 saturated heterocycles. The van der Waals surface area contributed by atoms with Crippen LogP contribution in [0.4, 0.5) is 5.82 Å². The summed E-state index contributed by atoms with van der Waals surface area (Å²) in [5.41, 5.74) is 6.54. The number of anilines is 1. The molecule has 2 heterocycles. The Morgan fingerprint density at radius 1 is 1.47 bits per heavy atom. The number of hydrogen-bond donors (Lipinski definition) is 2. The molecule has 1 amide bonds. The highest BCUT2D eigenvalue weighted by molar-refractivity contribution is 5.92. The Labute approximate surface area is 110 Å². The second-order valence-corrected chi connectivity index (χ2v) is 4.06. The highest BCUT2D eigenvalue weighted by Crippen LogP contribution is 2.20. The Balaban J connectivity index is 2.50. The molecular formula is C12H16N6O. The molecule has 7 heteroatoms. The van der Waals surface area contributed by atoms with E-state index in [-0.39, 0.29) is 0 Å². The van der Waals surface area contributed by atoms with Crippen molar-refractivity contribution in [1.29, 1.82) is 0 Å². The van der Waals surface area contributed by atoms with E-state index in [0.29, 0.717) is 11.4 Å². The van der Waals surface area contributed by atoms with Gasteiger partial charge in [0.15, 0.2) is 5.82 Å². The number of carbonyl (C=O) groups is 1. The molecule has 0 saturated carbocycles. The monoisotopic (exact) mass is 260 g/mol. The zero-order chi connectivity index (χ0) is 13.8. The van der Waals surface area contributed by atoms with Crippen molar-refractivity contribution in [3.8, 4) is 5.82 Å². The lowest BCUT2D eigenvalue weighted by Crippen LogP contribution is -2.10. The summed E-state index contributed by atoms with van der Waals surface area (Å²) in [4.78, 5) is 19.5. The lowest BCUT2D eigenvalue weighted by molar-refractivity contribution is 0.100. The van der Waals surface area contributed by atoms with Gasteiger partial charge in [-0.05, 0) is 6.42 Å². The third-order valence-electron chi connectivity index (χ3n) is 2.74. The molecule has 19 heavy (non-hydrogen) atoms. The highest BCUT2D eigenvalue weighted by Gasteiger charge is 2.13. The van der Waals surface area contributed by atoms with Crippen LogP contribution in [0.15, 0.2) is 18.7 Å². The number of rotatable bonds is 5. The van der Waals surface area contributed by atoms with E-state index in [4.69, 9.17) is 5.73 Å². The van der Waals surface area contributed by atoms with Gasteiger partial charge in [-0.3, -0.25) is 4.79 Å². The van der Waals surface area contributed by atoms with Crippen molar-refractivity contribution in [2.45, 2.75) is 19.8 Å². The fourth-order valence-corrected chi connectivity index (χ4v) is 1.86. The minimum atomic E-state index is -0.508. The lowest BCUT2D eigenvalue weighted by Gasteiger charge is -2.11. The van der Waals surface area contributed by atoms with Gasteiger partial charge in [0.25, 0.3) is 5.91 Å². The van der Waals surface area contributed by atoms with E-state index in [2.05, 4.69) is 27.3 Å². The molecule has 0 atom stereocenters. The van der Waals surface area contributed by atoms with Crippen molar-refractivity contribution >= 4 is 11.7 Å². The molecule has 0 fully saturated rings. The van der Waals surface area contributed by atoms with Crippen LogP contribution in [0.25, 0.3) is 5.82 Å². The van der Waals surface area contributed by atoms with Gasteiger partial charge in [-0.1, -0.05) is 13.3 Å². The zero-order valence-corrected chi connectivity index (χ0v) is 10.9. The van der Waals surface area contributed by atoms with E-state index in [9.17, 15) is 4.79 Å². The summed E-state index contributed by atoms with van der Waals surface area (Å²) >= 11 is 0. The third kappa shape index (κ3) is 2.54. The minimum Gasteiger partial charge on any atom is -0.373 e. The predicted molar refractivity (Wildman–Crippen MR) is 71.2 cm³/mol. The van der Waals surface area contributed by atoms with Crippen molar-refractivity contribution in [2.24, 2.45) is 5.73 Å². The number of amides is 1. The van der Waals surface area contributed by atoms with E-state index in [1.165, 1.54) is 12.5 Å². The van der Waals surface area contributed by atoms with Crippen LogP contribution in [0, 0.1) is 0 Å². The van der Waals surface area contributed by atoms with Gasteiger partial charge < -0.3 is 11.1 Å². The number of nitrogens with two attached hydrogens (primary N) is 1. The molecule has 3 N–H and O–H groups in total. The first-order chi connectivity index (χ1) is 9.17. The minimum absolute atomic E-state index is 0.354. The van der Waals surface area contributed by atoms with Crippen LogP contribution in [0.5, 0.6) is 0 Å². The summed E-state index contributed by atoms with van der Waals surface area (Å²) in [6.07, 6.45) is 6.24. The van der Waals surface area contributed by atoms with Crippen LogP contribution in [0.1, 0.15) is 29.3 Å². The predicted octanol–water partition coefficient (Wildman–Crippen LogP) is 0.755. The smallest absolute Gasteiger partial charge is 0.251 e. The maximum Gasteiger partial charge on any atom is 0.251 e. The van der Waals surface area contributed by atoms with E-state index >= 15 is 0 Å². The molecule has 7 nitrogen and oxygen atoms in total. The highest BCUT2D eigenvalue weighted by atomic mass is 16.1. The van der Waals surface area contributed by atoms with Gasteiger partial charge >= 0.3 is 0 Å². The molecule has 0 unspecified atom stereocenters. The summed E-state index contributed by atoms with van der Waals surface area (Å²) < 4.78 is 1.55. The van der Waals surface area contributed by atoms with Gasteiger partial charge in [-0.25, -0.2) is 14.6 Å². The molecule has 0 aliphatic carbocycles. The number of carbonyl (C=O) groups excluding carboxylic acids is 1. The summed E-state index contributed by atoms with van der Waals surface area (Å²) in [7, 11) is 1.81. The van der Waals surface area contributed by atoms with Crippen molar-refractivity contribution < 1.29 is 4.79 Å². The lowest BCUT2D eigenvalue weighted by atomic mass is 10.1. The van der Waals surface area contributed by atoms with Gasteiger partial charge in [0.1, 0.15) is 12.1 Å². The van der Waals surface area contributed by atoms with Crippen LogP contribution in [0.2, 0.25) is 0 Å². The summed E-state index contributed by atoms with van der Waals surface area (Å²) in [6, 6.07) is 0. The van der Waals surface area contributed by atoms with Crippen LogP contribution in [-0.2, 0) is 6.42 Å². The number of aromatic nitrogens is 4. The largest absolute Gasteiger partial charge is 0.373 e. The van der Waals surface area contributed by atoms with E-state index in [1.54, 1.807) is 10.9 Å². The number of primary amides is 1. The third-order valence-corrected chi connectivity index (χ3v) is 2.74. The molecule has 0 aromatic carbocycles. The van der Waals surface area contributed by atoms with Crippen LogP contribution in [-0.4, -0.2) is 32.7 Å². The van der Waals surface area contributed by atoms with Gasteiger partial charge in [-0.15, -0.1) is 0 Å². The Bertz CT molecular complexity index is 592. The van der Waals surface area contributed by atoms with E-state index < -0.39 is 5.91 Å². The van der Waals surface area contributed by atoms with Crippen molar-refractivity contribution in [3.63, 3.8) is 0 Å². The normalized spacial score (nSPS) is 10.4. The Hall–Kier alpha value is -2.44. The van der Waals surface area contributed by atoms with Crippen LogP contribution in [0.3, 0.4) is 0 Å². The summed E-state index contributed by atoms with van der Waals surface area (Å²) in [5.74, 6) is 0.919. The molecular weight excluding hydrogens is 244 g/mol. The van der Waals surface area contributed by atoms with Crippen molar-refractivity contribution in [1.82, 2.24) is 19.7 Å². The van der Waals surface area contributed by atoms with Crippen LogP contribution < -0.4 is 11.1 Å². The summed E-state index contributed by atoms with van der Waals surface area (Å²) in [5, 5.41) is 7.16. The van der Waals surface area contributed by atoms with E-state index in [0.717, 1.165) is 24.2 Å². The van der Waals surface area contributed by atoms with Gasteiger partial charge in [-0.2, -0.15) is 5.10 Å². The van der Waals surface area contributed by atoms with Gasteiger partial charge in [0, 0.05) is 18.8 Å². The standard InChI is InChI=1S/C12H16N6O/c1-3-4-9-11(14-2)15-7-16-12(9)18-6-8(5-17-18)10(13)19/h5-7H,3-4H2,1-2H3,(H2,13,19)(H,14,15,16).